The number of anilines is 1. The number of amides is 3. The highest BCUT2D eigenvalue weighted by molar-refractivity contribution is 5.94. The number of carbonyl (C=O) groups excluding carboxylic acids is 2. The molecule has 0 aliphatic carbocycles. The highest BCUT2D eigenvalue weighted by Gasteiger charge is 2.34. The fourth-order valence-corrected chi connectivity index (χ4v) is 3.19. The Balaban J connectivity index is 1.64. The highest BCUT2D eigenvalue weighted by Crippen LogP contribution is 2.22. The predicted molar refractivity (Wildman–Crippen MR) is 105 cm³/mol. The molecule has 0 radical (unpaired) electrons. The number of methoxy groups -OCH3 is 1. The largest absolute Gasteiger partial charge is 0.497 e. The lowest BCUT2D eigenvalue weighted by Gasteiger charge is -2.39. The van der Waals surface area contributed by atoms with Gasteiger partial charge in [-0.15, -0.1) is 0 Å². The van der Waals surface area contributed by atoms with E-state index in [1.54, 1.807) is 17.9 Å². The summed E-state index contributed by atoms with van der Waals surface area (Å²) in [5.41, 5.74) is 2.26. The van der Waals surface area contributed by atoms with E-state index in [9.17, 15) is 14.0 Å². The SMILES string of the molecule is COc1ccc(NC(=O)N2CCN(Cc3ccc(C)cc3)C(=O)C2C)c(F)c1. The van der Waals surface area contributed by atoms with Crippen LogP contribution in [0.1, 0.15) is 18.1 Å². The van der Waals surface area contributed by atoms with E-state index >= 15 is 0 Å². The summed E-state index contributed by atoms with van der Waals surface area (Å²) < 4.78 is 19.0. The van der Waals surface area contributed by atoms with Crippen LogP contribution >= 0.6 is 0 Å². The average Bonchev–Trinajstić information content (AvgIpc) is 2.68. The first-order valence-corrected chi connectivity index (χ1v) is 9.14. The van der Waals surface area contributed by atoms with Crippen molar-refractivity contribution in [3.63, 3.8) is 0 Å². The Kier molecular flexibility index (Phi) is 5.82. The van der Waals surface area contributed by atoms with Gasteiger partial charge in [0.25, 0.3) is 0 Å². The lowest BCUT2D eigenvalue weighted by atomic mass is 10.1. The van der Waals surface area contributed by atoms with E-state index in [4.69, 9.17) is 4.74 Å². The van der Waals surface area contributed by atoms with Crippen LogP contribution in [0.25, 0.3) is 0 Å². The van der Waals surface area contributed by atoms with Gasteiger partial charge in [-0.05, 0) is 31.5 Å². The molecule has 1 aliphatic heterocycles. The number of urea groups is 1. The van der Waals surface area contributed by atoms with Crippen molar-refractivity contribution >= 4 is 17.6 Å². The van der Waals surface area contributed by atoms with Crippen molar-refractivity contribution in [1.29, 1.82) is 0 Å². The summed E-state index contributed by atoms with van der Waals surface area (Å²) in [5.74, 6) is -0.356. The van der Waals surface area contributed by atoms with Crippen molar-refractivity contribution in [2.75, 3.05) is 25.5 Å². The van der Waals surface area contributed by atoms with Crippen molar-refractivity contribution in [2.45, 2.75) is 26.4 Å². The molecule has 3 rings (SSSR count). The number of benzene rings is 2. The van der Waals surface area contributed by atoms with Gasteiger partial charge < -0.3 is 19.9 Å². The van der Waals surface area contributed by atoms with Gasteiger partial charge in [-0.2, -0.15) is 0 Å². The van der Waals surface area contributed by atoms with E-state index in [1.807, 2.05) is 31.2 Å². The van der Waals surface area contributed by atoms with E-state index < -0.39 is 17.9 Å². The van der Waals surface area contributed by atoms with E-state index in [0.717, 1.165) is 11.1 Å². The molecule has 1 aliphatic rings. The maximum Gasteiger partial charge on any atom is 0.322 e. The summed E-state index contributed by atoms with van der Waals surface area (Å²) >= 11 is 0. The van der Waals surface area contributed by atoms with Crippen molar-refractivity contribution < 1.29 is 18.7 Å². The third-order valence-electron chi connectivity index (χ3n) is 4.92. The van der Waals surface area contributed by atoms with Crippen LogP contribution in [0, 0.1) is 12.7 Å². The molecule has 1 unspecified atom stereocenters. The first kappa shape index (κ1) is 19.7. The van der Waals surface area contributed by atoms with Crippen LogP contribution in [0.5, 0.6) is 5.75 Å². The highest BCUT2D eigenvalue weighted by atomic mass is 19.1. The summed E-state index contributed by atoms with van der Waals surface area (Å²) in [7, 11) is 1.44. The predicted octanol–water partition coefficient (Wildman–Crippen LogP) is 3.41. The molecule has 3 amide bonds. The molecule has 148 valence electrons. The van der Waals surface area contributed by atoms with Gasteiger partial charge in [0.05, 0.1) is 12.8 Å². The fourth-order valence-electron chi connectivity index (χ4n) is 3.19. The lowest BCUT2D eigenvalue weighted by molar-refractivity contribution is -0.139. The summed E-state index contributed by atoms with van der Waals surface area (Å²) in [6.45, 7) is 5.01. The van der Waals surface area contributed by atoms with Gasteiger partial charge in [0.15, 0.2) is 0 Å². The second-order valence-electron chi connectivity index (χ2n) is 6.89. The minimum Gasteiger partial charge on any atom is -0.497 e. The van der Waals surface area contributed by atoms with E-state index in [-0.39, 0.29) is 11.6 Å². The molecule has 1 heterocycles. The Hall–Kier alpha value is -3.09. The van der Waals surface area contributed by atoms with Crippen LogP contribution in [-0.4, -0.2) is 48.0 Å². The zero-order valence-corrected chi connectivity index (χ0v) is 16.2. The second kappa shape index (κ2) is 8.29. The summed E-state index contributed by atoms with van der Waals surface area (Å²) in [6.07, 6.45) is 0. The molecule has 2 aromatic carbocycles. The molecule has 6 nitrogen and oxygen atoms in total. The minimum absolute atomic E-state index is 0.0486. The second-order valence-corrected chi connectivity index (χ2v) is 6.89. The fraction of sp³-hybridized carbons (Fsp3) is 0.333. The summed E-state index contributed by atoms with van der Waals surface area (Å²) in [6, 6.07) is 11.1. The van der Waals surface area contributed by atoms with Crippen LogP contribution in [0.15, 0.2) is 42.5 Å². The number of hydrogen-bond acceptors (Lipinski definition) is 3. The van der Waals surface area contributed by atoms with Crippen molar-refractivity contribution in [1.82, 2.24) is 9.80 Å². The summed E-state index contributed by atoms with van der Waals surface area (Å²) in [4.78, 5) is 28.5. The Morgan fingerprint density at radius 3 is 2.57 bits per heavy atom. The smallest absolute Gasteiger partial charge is 0.322 e. The molecule has 1 saturated heterocycles. The molecule has 1 atom stereocenters. The first-order chi connectivity index (χ1) is 13.4. The summed E-state index contributed by atoms with van der Waals surface area (Å²) in [5, 5.41) is 2.54. The average molecular weight is 385 g/mol. The van der Waals surface area contributed by atoms with Crippen LogP contribution in [0.3, 0.4) is 0 Å². The Morgan fingerprint density at radius 2 is 1.93 bits per heavy atom. The standard InChI is InChI=1S/C21H24FN3O3/c1-14-4-6-16(7-5-14)13-24-10-11-25(15(2)20(24)26)21(27)23-19-9-8-17(28-3)12-18(19)22/h4-9,12,15H,10-11,13H2,1-3H3,(H,23,27). The third-order valence-corrected chi connectivity index (χ3v) is 4.92. The number of rotatable bonds is 4. The number of carbonyl (C=O) groups is 2. The van der Waals surface area contributed by atoms with Crippen LogP contribution in [-0.2, 0) is 11.3 Å². The molecular weight excluding hydrogens is 361 g/mol. The first-order valence-electron chi connectivity index (χ1n) is 9.14. The van der Waals surface area contributed by atoms with Crippen molar-refractivity contribution in [3.05, 3.63) is 59.4 Å². The maximum absolute atomic E-state index is 14.1. The molecular formula is C21H24FN3O3. The van der Waals surface area contributed by atoms with E-state index in [2.05, 4.69) is 5.32 Å². The Bertz CT molecular complexity index is 870. The number of nitrogens with zero attached hydrogens (tertiary/aromatic N) is 2. The zero-order valence-electron chi connectivity index (χ0n) is 16.2. The maximum atomic E-state index is 14.1. The number of halogens is 1. The monoisotopic (exact) mass is 385 g/mol. The lowest BCUT2D eigenvalue weighted by Crippen LogP contribution is -2.58. The molecule has 0 spiro atoms. The van der Waals surface area contributed by atoms with Gasteiger partial charge in [0.2, 0.25) is 5.91 Å². The quantitative estimate of drug-likeness (QED) is 0.877. The number of hydrogen-bond donors (Lipinski definition) is 1. The molecule has 1 fully saturated rings. The van der Waals surface area contributed by atoms with Gasteiger partial charge in [0, 0.05) is 25.7 Å². The topological polar surface area (TPSA) is 61.9 Å². The Morgan fingerprint density at radius 1 is 1.21 bits per heavy atom. The van der Waals surface area contributed by atoms with Gasteiger partial charge in [0.1, 0.15) is 17.6 Å². The van der Waals surface area contributed by atoms with Crippen LogP contribution < -0.4 is 10.1 Å². The Labute approximate surface area is 163 Å². The molecule has 28 heavy (non-hydrogen) atoms. The zero-order chi connectivity index (χ0) is 20.3. The van der Waals surface area contributed by atoms with Gasteiger partial charge in [-0.3, -0.25) is 4.79 Å². The number of piperazine rings is 1. The van der Waals surface area contributed by atoms with Crippen LogP contribution in [0.2, 0.25) is 0 Å². The molecule has 0 saturated carbocycles. The molecule has 2 aromatic rings. The number of aryl methyl sites for hydroxylation is 1. The van der Waals surface area contributed by atoms with Crippen molar-refractivity contribution in [3.8, 4) is 5.75 Å². The number of nitrogens with one attached hydrogen (secondary N) is 1. The minimum atomic E-state index is -0.625. The van der Waals surface area contributed by atoms with Crippen LogP contribution in [0.4, 0.5) is 14.9 Å². The molecule has 7 heteroatoms. The van der Waals surface area contributed by atoms with Gasteiger partial charge in [-0.1, -0.05) is 29.8 Å². The molecule has 1 N–H and O–H groups in total. The number of ether oxygens (including phenoxy) is 1. The van der Waals surface area contributed by atoms with Crippen molar-refractivity contribution in [2.24, 2.45) is 0 Å². The third kappa shape index (κ3) is 4.24. The molecule has 0 aromatic heterocycles. The van der Waals surface area contributed by atoms with E-state index in [1.165, 1.54) is 24.1 Å². The van der Waals surface area contributed by atoms with Gasteiger partial charge >= 0.3 is 6.03 Å². The normalized spacial score (nSPS) is 16.9. The van der Waals surface area contributed by atoms with E-state index in [0.29, 0.717) is 25.4 Å². The van der Waals surface area contributed by atoms with Gasteiger partial charge in [-0.25, -0.2) is 9.18 Å². The molecule has 0 bridgehead atoms.